The second kappa shape index (κ2) is 10.1. The van der Waals surface area contributed by atoms with Crippen molar-refractivity contribution in [2.24, 2.45) is 0 Å². The number of nitrogens with zero attached hydrogens (tertiary/aromatic N) is 4. The number of carbonyl (C=O) groups excluding carboxylic acids is 1. The summed E-state index contributed by atoms with van der Waals surface area (Å²) in [4.78, 5) is 16.7. The Bertz CT molecular complexity index is 1100. The third-order valence-corrected chi connectivity index (χ3v) is 5.68. The van der Waals surface area contributed by atoms with Crippen LogP contribution in [0.5, 0.6) is 5.75 Å². The van der Waals surface area contributed by atoms with Crippen LogP contribution in [0.3, 0.4) is 0 Å². The number of β-amino-alcohol motifs (C(OH)–C–C–N with tert-alkyl or cyclic N) is 1. The summed E-state index contributed by atoms with van der Waals surface area (Å²) in [5.74, 6) is -0.798. The van der Waals surface area contributed by atoms with E-state index in [9.17, 15) is 23.1 Å². The number of aliphatic hydroxyl groups excluding tert-OH is 1. The summed E-state index contributed by atoms with van der Waals surface area (Å²) in [6.07, 6.45) is 6.26. The molecule has 1 aromatic carbocycles. The lowest BCUT2D eigenvalue weighted by molar-refractivity contribution is -0.0500. The molecule has 0 spiro atoms. The van der Waals surface area contributed by atoms with Crippen LogP contribution < -0.4 is 9.64 Å². The van der Waals surface area contributed by atoms with Crippen molar-refractivity contribution in [3.63, 3.8) is 0 Å². The summed E-state index contributed by atoms with van der Waals surface area (Å²) >= 11 is 0. The molecule has 1 atom stereocenters. The standard InChI is InChI=1S/C16H20N4O2.C7H5F3O/c21-13-4-7-19(11-13)16(22)14-10-17-20-8-3-12(9-15(14)20)18-5-1-2-6-18;8-5-2-1-3-6(4-5)11-7(9)10/h3,8-10,13,21H,1-2,4-7,11H2;1-4,7H. The molecule has 5 rings (SSSR count). The van der Waals surface area contributed by atoms with Gasteiger partial charge in [0.05, 0.1) is 23.4 Å². The van der Waals surface area contributed by atoms with Gasteiger partial charge in [0.2, 0.25) is 0 Å². The largest absolute Gasteiger partial charge is 0.435 e. The minimum Gasteiger partial charge on any atom is -0.435 e. The van der Waals surface area contributed by atoms with Gasteiger partial charge in [-0.25, -0.2) is 8.91 Å². The highest BCUT2D eigenvalue weighted by atomic mass is 19.3. The fourth-order valence-corrected chi connectivity index (χ4v) is 4.05. The van der Waals surface area contributed by atoms with Gasteiger partial charge in [-0.1, -0.05) is 6.07 Å². The van der Waals surface area contributed by atoms with Crippen molar-refractivity contribution < 1.29 is 27.8 Å². The predicted molar refractivity (Wildman–Crippen MR) is 116 cm³/mol. The molecule has 0 aliphatic carbocycles. The van der Waals surface area contributed by atoms with E-state index in [4.69, 9.17) is 0 Å². The average molecular weight is 462 g/mol. The number of hydrogen-bond acceptors (Lipinski definition) is 5. The number of aliphatic hydroxyl groups is 1. The molecule has 3 aromatic rings. The number of anilines is 1. The molecule has 0 radical (unpaired) electrons. The maximum Gasteiger partial charge on any atom is 0.387 e. The second-order valence-electron chi connectivity index (χ2n) is 8.00. The summed E-state index contributed by atoms with van der Waals surface area (Å²) in [6, 6.07) is 8.71. The van der Waals surface area contributed by atoms with Crippen molar-refractivity contribution in [1.82, 2.24) is 14.5 Å². The molecule has 0 bridgehead atoms. The van der Waals surface area contributed by atoms with Gasteiger partial charge in [-0.3, -0.25) is 4.79 Å². The first-order valence-corrected chi connectivity index (χ1v) is 10.8. The molecule has 4 heterocycles. The number of halogens is 3. The molecule has 2 aliphatic heterocycles. The first-order valence-electron chi connectivity index (χ1n) is 10.8. The normalized spacial score (nSPS) is 18.0. The van der Waals surface area contributed by atoms with E-state index in [0.29, 0.717) is 25.1 Å². The van der Waals surface area contributed by atoms with E-state index in [-0.39, 0.29) is 11.7 Å². The van der Waals surface area contributed by atoms with E-state index in [2.05, 4.69) is 26.9 Å². The highest BCUT2D eigenvalue weighted by Gasteiger charge is 2.27. The van der Waals surface area contributed by atoms with Crippen LogP contribution in [0.2, 0.25) is 0 Å². The first kappa shape index (κ1) is 22.9. The molecule has 10 heteroatoms. The zero-order chi connectivity index (χ0) is 23.4. The Morgan fingerprint density at radius 2 is 1.94 bits per heavy atom. The summed E-state index contributed by atoms with van der Waals surface area (Å²) in [6.45, 7) is 0.278. The monoisotopic (exact) mass is 462 g/mol. The zero-order valence-corrected chi connectivity index (χ0v) is 17.9. The molecule has 0 saturated carbocycles. The lowest BCUT2D eigenvalue weighted by Crippen LogP contribution is -2.29. The number of benzene rings is 1. The number of likely N-dealkylation sites (tertiary alicyclic amines) is 1. The fraction of sp³-hybridized carbons (Fsp3) is 0.391. The topological polar surface area (TPSA) is 70.3 Å². The van der Waals surface area contributed by atoms with E-state index in [1.807, 2.05) is 6.20 Å². The van der Waals surface area contributed by atoms with Crippen LogP contribution in [0.1, 0.15) is 29.6 Å². The minimum atomic E-state index is -2.91. The smallest absolute Gasteiger partial charge is 0.387 e. The first-order chi connectivity index (χ1) is 15.9. The van der Waals surface area contributed by atoms with Crippen molar-refractivity contribution in [3.8, 4) is 5.75 Å². The van der Waals surface area contributed by atoms with Crippen LogP contribution in [-0.4, -0.2) is 64.4 Å². The summed E-state index contributed by atoms with van der Waals surface area (Å²) in [7, 11) is 0. The van der Waals surface area contributed by atoms with Crippen LogP contribution in [0.25, 0.3) is 5.52 Å². The Kier molecular flexibility index (Phi) is 7.02. The van der Waals surface area contributed by atoms with E-state index >= 15 is 0 Å². The van der Waals surface area contributed by atoms with Crippen LogP contribution in [0.15, 0.2) is 48.8 Å². The van der Waals surface area contributed by atoms with Crippen molar-refractivity contribution in [2.45, 2.75) is 32.0 Å². The predicted octanol–water partition coefficient (Wildman–Crippen LogP) is 3.57. The van der Waals surface area contributed by atoms with E-state index in [0.717, 1.165) is 36.4 Å². The number of rotatable bonds is 4. The van der Waals surface area contributed by atoms with Gasteiger partial charge in [0.25, 0.3) is 5.91 Å². The average Bonchev–Trinajstić information content (AvgIpc) is 3.54. The van der Waals surface area contributed by atoms with Gasteiger partial charge in [0, 0.05) is 44.1 Å². The molecule has 1 amide bonds. The van der Waals surface area contributed by atoms with Gasteiger partial charge in [-0.2, -0.15) is 13.9 Å². The van der Waals surface area contributed by atoms with Gasteiger partial charge in [0.1, 0.15) is 11.6 Å². The molecule has 2 fully saturated rings. The third-order valence-electron chi connectivity index (χ3n) is 5.68. The Morgan fingerprint density at radius 1 is 1.15 bits per heavy atom. The molecule has 1 N–H and O–H groups in total. The molecular formula is C23H25F3N4O3. The maximum atomic E-state index is 12.6. The van der Waals surface area contributed by atoms with Crippen LogP contribution >= 0.6 is 0 Å². The molecule has 2 saturated heterocycles. The number of aromatic nitrogens is 2. The molecule has 33 heavy (non-hydrogen) atoms. The Morgan fingerprint density at radius 3 is 2.61 bits per heavy atom. The lowest BCUT2D eigenvalue weighted by Gasteiger charge is -2.18. The van der Waals surface area contributed by atoms with Gasteiger partial charge in [0.15, 0.2) is 0 Å². The van der Waals surface area contributed by atoms with Crippen molar-refractivity contribution in [2.75, 3.05) is 31.1 Å². The number of amides is 1. The highest BCUT2D eigenvalue weighted by molar-refractivity contribution is 6.01. The molecule has 1 unspecified atom stereocenters. The molecular weight excluding hydrogens is 437 g/mol. The summed E-state index contributed by atoms with van der Waals surface area (Å²) < 4.78 is 41.0. The number of pyridine rings is 1. The molecule has 2 aliphatic rings. The third kappa shape index (κ3) is 5.57. The van der Waals surface area contributed by atoms with Crippen molar-refractivity contribution >= 4 is 17.1 Å². The number of carbonyl (C=O) groups is 1. The summed E-state index contributed by atoms with van der Waals surface area (Å²) in [5, 5.41) is 13.9. The van der Waals surface area contributed by atoms with Crippen molar-refractivity contribution in [1.29, 1.82) is 0 Å². The van der Waals surface area contributed by atoms with Gasteiger partial charge >= 0.3 is 6.61 Å². The lowest BCUT2D eigenvalue weighted by atomic mass is 10.2. The maximum absolute atomic E-state index is 12.6. The van der Waals surface area contributed by atoms with E-state index in [1.165, 1.54) is 25.0 Å². The van der Waals surface area contributed by atoms with Crippen LogP contribution in [-0.2, 0) is 0 Å². The van der Waals surface area contributed by atoms with Crippen LogP contribution in [0, 0.1) is 5.82 Å². The zero-order valence-electron chi connectivity index (χ0n) is 17.9. The fourth-order valence-electron chi connectivity index (χ4n) is 4.05. The molecule has 7 nitrogen and oxygen atoms in total. The van der Waals surface area contributed by atoms with Crippen molar-refractivity contribution in [3.05, 3.63) is 60.2 Å². The Labute approximate surface area is 189 Å². The van der Waals surface area contributed by atoms with Crippen LogP contribution in [0.4, 0.5) is 18.9 Å². The number of alkyl halides is 2. The number of hydrogen-bond donors (Lipinski definition) is 1. The van der Waals surface area contributed by atoms with Gasteiger partial charge < -0.3 is 19.6 Å². The van der Waals surface area contributed by atoms with Gasteiger partial charge in [-0.05, 0) is 43.5 Å². The number of ether oxygens (including phenoxy) is 1. The minimum absolute atomic E-state index is 0.0369. The van der Waals surface area contributed by atoms with E-state index in [1.54, 1.807) is 15.6 Å². The van der Waals surface area contributed by atoms with Gasteiger partial charge in [-0.15, -0.1) is 0 Å². The number of fused-ring (bicyclic) bond motifs is 1. The highest BCUT2D eigenvalue weighted by Crippen LogP contribution is 2.24. The quantitative estimate of drug-likeness (QED) is 0.642. The Hall–Kier alpha value is -3.27. The molecule has 2 aromatic heterocycles. The SMILES string of the molecule is Fc1cccc(OC(F)F)c1.O=C(c1cnn2ccc(N3CCCC3)cc12)N1CCC(O)C1. The Balaban J connectivity index is 0.000000200. The summed E-state index contributed by atoms with van der Waals surface area (Å²) in [5.41, 5.74) is 2.62. The molecule has 176 valence electrons. The van der Waals surface area contributed by atoms with E-state index < -0.39 is 18.5 Å². The second-order valence-corrected chi connectivity index (χ2v) is 8.00.